The second-order valence-electron chi connectivity index (χ2n) is 4.59. The van der Waals surface area contributed by atoms with Gasteiger partial charge in [0.15, 0.2) is 0 Å². The van der Waals surface area contributed by atoms with E-state index in [9.17, 15) is 9.59 Å². The Morgan fingerprint density at radius 3 is 2.79 bits per heavy atom. The van der Waals surface area contributed by atoms with E-state index in [0.717, 1.165) is 24.5 Å². The first kappa shape index (κ1) is 16.8. The van der Waals surface area contributed by atoms with E-state index >= 15 is 0 Å². The molecule has 5 nitrogen and oxygen atoms in total. The van der Waals surface area contributed by atoms with Crippen LogP contribution >= 0.6 is 23.5 Å². The first-order valence-electron chi connectivity index (χ1n) is 6.35. The van der Waals surface area contributed by atoms with E-state index in [0.29, 0.717) is 26.3 Å². The molecule has 0 aromatic carbocycles. The van der Waals surface area contributed by atoms with Crippen LogP contribution in [0.4, 0.5) is 0 Å². The summed E-state index contributed by atoms with van der Waals surface area (Å²) in [6, 6.07) is 0. The van der Waals surface area contributed by atoms with Crippen LogP contribution in [0.2, 0.25) is 0 Å². The van der Waals surface area contributed by atoms with Gasteiger partial charge in [-0.25, -0.2) is 0 Å². The topological polar surface area (TPSA) is 52.7 Å². The summed E-state index contributed by atoms with van der Waals surface area (Å²) < 4.78 is 0. The molecule has 1 fully saturated rings. The van der Waals surface area contributed by atoms with Crippen molar-refractivity contribution < 1.29 is 9.59 Å². The molecule has 1 N–H and O–H groups in total. The second kappa shape index (κ2) is 9.63. The number of nitrogens with one attached hydrogen (secondary N) is 1. The average Bonchev–Trinajstić information content (AvgIpc) is 2.44. The molecule has 1 aliphatic heterocycles. The highest BCUT2D eigenvalue weighted by atomic mass is 32.2. The van der Waals surface area contributed by atoms with Crippen LogP contribution in [-0.2, 0) is 9.59 Å². The van der Waals surface area contributed by atoms with Crippen molar-refractivity contribution in [3.8, 4) is 0 Å². The minimum atomic E-state index is 0.0399. The molecule has 1 aliphatic rings. The van der Waals surface area contributed by atoms with Crippen LogP contribution in [0, 0.1) is 5.92 Å². The molecule has 1 saturated heterocycles. The third-order valence-electron chi connectivity index (χ3n) is 2.95. The Balaban J connectivity index is 2.40. The van der Waals surface area contributed by atoms with Crippen molar-refractivity contribution in [2.45, 2.75) is 6.42 Å². The Labute approximate surface area is 123 Å². The van der Waals surface area contributed by atoms with Crippen LogP contribution in [0.5, 0.6) is 0 Å². The van der Waals surface area contributed by atoms with Crippen molar-refractivity contribution >= 4 is 35.7 Å². The highest BCUT2D eigenvalue weighted by Gasteiger charge is 2.22. The maximum Gasteiger partial charge on any atom is 0.225 e. The first-order valence-corrected chi connectivity index (χ1v) is 9.14. The third-order valence-corrected chi connectivity index (χ3v) is 4.32. The molecule has 0 aromatic rings. The van der Waals surface area contributed by atoms with Crippen LogP contribution in [0.3, 0.4) is 0 Å². The van der Waals surface area contributed by atoms with E-state index in [1.54, 1.807) is 23.5 Å². The number of nitrogens with zero attached hydrogens (tertiary/aromatic N) is 2. The standard InChI is InChI=1S/C12H23N3O2S2/c1-18-4-3-12(17)15-9-13-8-14(10-15)5-11(6-16)7-19-2/h6,11,13H,3-5,7-10H2,1-2H3. The van der Waals surface area contributed by atoms with Crippen LogP contribution in [-0.4, -0.2) is 72.6 Å². The number of hydrogen-bond donors (Lipinski definition) is 1. The fourth-order valence-corrected chi connectivity index (χ4v) is 2.99. The lowest BCUT2D eigenvalue weighted by molar-refractivity contribution is -0.135. The highest BCUT2D eigenvalue weighted by molar-refractivity contribution is 7.98. The molecule has 0 spiro atoms. The number of hydrogen-bond acceptors (Lipinski definition) is 6. The zero-order chi connectivity index (χ0) is 14.1. The highest BCUT2D eigenvalue weighted by Crippen LogP contribution is 2.09. The summed E-state index contributed by atoms with van der Waals surface area (Å²) in [6.07, 6.45) is 5.61. The maximum atomic E-state index is 12.0. The zero-order valence-corrected chi connectivity index (χ0v) is 13.3. The minimum absolute atomic E-state index is 0.0399. The van der Waals surface area contributed by atoms with E-state index in [2.05, 4.69) is 10.2 Å². The SMILES string of the molecule is CSCCC(=O)N1CNCN(CC(C=O)CSC)C1. The molecular formula is C12H23N3O2S2. The average molecular weight is 305 g/mol. The Morgan fingerprint density at radius 2 is 2.16 bits per heavy atom. The number of amides is 1. The Morgan fingerprint density at radius 1 is 1.37 bits per heavy atom. The largest absolute Gasteiger partial charge is 0.317 e. The molecule has 0 saturated carbocycles. The Kier molecular flexibility index (Phi) is 8.52. The quantitative estimate of drug-likeness (QED) is 0.660. The van der Waals surface area contributed by atoms with Crippen molar-refractivity contribution in [2.24, 2.45) is 5.92 Å². The first-order chi connectivity index (χ1) is 9.21. The van der Waals surface area contributed by atoms with Gasteiger partial charge in [-0.15, -0.1) is 0 Å². The Bertz CT molecular complexity index is 292. The van der Waals surface area contributed by atoms with Gasteiger partial charge in [0.25, 0.3) is 0 Å². The van der Waals surface area contributed by atoms with Gasteiger partial charge in [-0.3, -0.25) is 15.0 Å². The van der Waals surface area contributed by atoms with Crippen LogP contribution < -0.4 is 5.32 Å². The van der Waals surface area contributed by atoms with Gasteiger partial charge in [-0.05, 0) is 12.5 Å². The van der Waals surface area contributed by atoms with Gasteiger partial charge in [0.05, 0.1) is 20.0 Å². The summed E-state index contributed by atoms with van der Waals surface area (Å²) in [5, 5.41) is 3.22. The van der Waals surface area contributed by atoms with Crippen molar-refractivity contribution in [1.29, 1.82) is 0 Å². The second-order valence-corrected chi connectivity index (χ2v) is 6.49. The summed E-state index contributed by atoms with van der Waals surface area (Å²) in [6.45, 7) is 2.69. The summed E-state index contributed by atoms with van der Waals surface area (Å²) >= 11 is 3.36. The molecule has 0 aliphatic carbocycles. The third kappa shape index (κ3) is 6.16. The molecule has 1 atom stereocenters. The van der Waals surface area contributed by atoms with E-state index in [1.165, 1.54) is 0 Å². The van der Waals surface area contributed by atoms with Gasteiger partial charge in [-0.2, -0.15) is 23.5 Å². The van der Waals surface area contributed by atoms with Gasteiger partial charge < -0.3 is 9.69 Å². The molecule has 110 valence electrons. The molecule has 0 radical (unpaired) electrons. The zero-order valence-electron chi connectivity index (χ0n) is 11.6. The molecule has 0 bridgehead atoms. The smallest absolute Gasteiger partial charge is 0.225 e. The Hall–Kier alpha value is -0.240. The lowest BCUT2D eigenvalue weighted by Gasteiger charge is -2.37. The molecule has 0 aromatic heterocycles. The fraction of sp³-hybridized carbons (Fsp3) is 0.833. The molecule has 1 amide bonds. The van der Waals surface area contributed by atoms with Gasteiger partial charge in [0.1, 0.15) is 6.29 Å². The predicted molar refractivity (Wildman–Crippen MR) is 82.2 cm³/mol. The van der Waals surface area contributed by atoms with Gasteiger partial charge >= 0.3 is 0 Å². The molecule has 1 rings (SSSR count). The van der Waals surface area contributed by atoms with Crippen molar-refractivity contribution in [3.63, 3.8) is 0 Å². The molecular weight excluding hydrogens is 282 g/mol. The van der Waals surface area contributed by atoms with Gasteiger partial charge in [0.2, 0.25) is 5.91 Å². The van der Waals surface area contributed by atoms with Gasteiger partial charge in [0, 0.05) is 30.4 Å². The fourth-order valence-electron chi connectivity index (χ4n) is 2.00. The predicted octanol–water partition coefficient (Wildman–Crippen LogP) is 0.524. The summed E-state index contributed by atoms with van der Waals surface area (Å²) in [5.41, 5.74) is 0. The lowest BCUT2D eigenvalue weighted by atomic mass is 10.2. The van der Waals surface area contributed by atoms with E-state index in [4.69, 9.17) is 0 Å². The number of rotatable bonds is 8. The van der Waals surface area contributed by atoms with Crippen LogP contribution in [0.1, 0.15) is 6.42 Å². The number of carbonyl (C=O) groups excluding carboxylic acids is 2. The summed E-state index contributed by atoms with van der Waals surface area (Å²) in [7, 11) is 0. The molecule has 1 unspecified atom stereocenters. The van der Waals surface area contributed by atoms with E-state index in [-0.39, 0.29) is 11.8 Å². The normalized spacial score (nSPS) is 18.3. The number of aldehydes is 1. The van der Waals surface area contributed by atoms with Crippen LogP contribution in [0.25, 0.3) is 0 Å². The maximum absolute atomic E-state index is 12.0. The molecule has 7 heteroatoms. The van der Waals surface area contributed by atoms with Crippen molar-refractivity contribution in [2.75, 3.05) is 50.6 Å². The lowest BCUT2D eigenvalue weighted by Crippen LogP contribution is -2.56. The monoisotopic (exact) mass is 305 g/mol. The van der Waals surface area contributed by atoms with Crippen molar-refractivity contribution in [1.82, 2.24) is 15.1 Å². The van der Waals surface area contributed by atoms with Crippen LogP contribution in [0.15, 0.2) is 0 Å². The number of thioether (sulfide) groups is 2. The summed E-state index contributed by atoms with van der Waals surface area (Å²) in [4.78, 5) is 26.9. The minimum Gasteiger partial charge on any atom is -0.317 e. The van der Waals surface area contributed by atoms with Gasteiger partial charge in [-0.1, -0.05) is 0 Å². The molecule has 1 heterocycles. The van der Waals surface area contributed by atoms with Crippen molar-refractivity contribution in [3.05, 3.63) is 0 Å². The van der Waals surface area contributed by atoms with E-state index < -0.39 is 0 Å². The molecule has 19 heavy (non-hydrogen) atoms. The number of carbonyl (C=O) groups is 2. The van der Waals surface area contributed by atoms with E-state index in [1.807, 2.05) is 17.4 Å². The summed E-state index contributed by atoms with van der Waals surface area (Å²) in [5.74, 6) is 1.91.